The Bertz CT molecular complexity index is 984. The largest absolute Gasteiger partial charge is 0.369 e. The highest BCUT2D eigenvalue weighted by Gasteiger charge is 2.18. The fourth-order valence-electron chi connectivity index (χ4n) is 3.45. The molecular formula is C20H22ClN7O. The Labute approximate surface area is 174 Å². The van der Waals surface area contributed by atoms with Crippen molar-refractivity contribution in [1.82, 2.24) is 30.4 Å². The van der Waals surface area contributed by atoms with Gasteiger partial charge in [0.15, 0.2) is 0 Å². The van der Waals surface area contributed by atoms with E-state index in [1.807, 2.05) is 18.2 Å². The van der Waals surface area contributed by atoms with Crippen LogP contribution in [-0.2, 0) is 6.54 Å². The second-order valence-electron chi connectivity index (χ2n) is 7.02. The van der Waals surface area contributed by atoms with Gasteiger partial charge in [-0.3, -0.25) is 4.79 Å². The summed E-state index contributed by atoms with van der Waals surface area (Å²) in [5, 5.41) is 14.7. The number of likely N-dealkylation sites (N-methyl/N-ethyl adjacent to an activating group) is 1. The monoisotopic (exact) mass is 411 g/mol. The number of halogens is 1. The summed E-state index contributed by atoms with van der Waals surface area (Å²) in [5.41, 5.74) is 3.23. The van der Waals surface area contributed by atoms with Gasteiger partial charge in [-0.1, -0.05) is 29.8 Å². The Morgan fingerprint density at radius 1 is 1.10 bits per heavy atom. The van der Waals surface area contributed by atoms with Crippen molar-refractivity contribution in [2.24, 2.45) is 0 Å². The molecule has 29 heavy (non-hydrogen) atoms. The van der Waals surface area contributed by atoms with Gasteiger partial charge in [-0.25, -0.2) is 0 Å². The Balaban J connectivity index is 1.52. The number of piperazine rings is 1. The smallest absolute Gasteiger partial charge is 0.253 e. The minimum absolute atomic E-state index is 0.230. The topological polar surface area (TPSA) is 79.2 Å². The number of benzene rings is 2. The third kappa shape index (κ3) is 4.38. The molecule has 0 aliphatic carbocycles. The number of nitrogens with zero attached hydrogens (tertiary/aromatic N) is 6. The standard InChI is InChI=1S/C20H22ClN7O/c1-26-8-10-27(11-9-26)18-5-3-2-4-15(18)13-22-20(29)17-12-16(21)6-7-19(17)28-14-23-24-25-28/h2-7,12,14H,8-11,13H2,1H3,(H,22,29). The molecule has 8 nitrogen and oxygen atoms in total. The third-order valence-electron chi connectivity index (χ3n) is 5.07. The third-order valence-corrected chi connectivity index (χ3v) is 5.31. The number of rotatable bonds is 5. The van der Waals surface area contributed by atoms with Gasteiger partial charge in [0.1, 0.15) is 6.33 Å². The van der Waals surface area contributed by atoms with E-state index in [4.69, 9.17) is 11.6 Å². The fourth-order valence-corrected chi connectivity index (χ4v) is 3.62. The molecule has 1 fully saturated rings. The summed E-state index contributed by atoms with van der Waals surface area (Å²) in [5.74, 6) is -0.230. The zero-order chi connectivity index (χ0) is 20.2. The lowest BCUT2D eigenvalue weighted by Gasteiger charge is -2.35. The minimum atomic E-state index is -0.230. The van der Waals surface area contributed by atoms with E-state index in [2.05, 4.69) is 43.8 Å². The van der Waals surface area contributed by atoms with Gasteiger partial charge in [0, 0.05) is 43.4 Å². The second-order valence-corrected chi connectivity index (χ2v) is 7.45. The SMILES string of the molecule is CN1CCN(c2ccccc2CNC(=O)c2cc(Cl)ccc2-n2cnnn2)CC1. The van der Waals surface area contributed by atoms with Crippen molar-refractivity contribution in [2.45, 2.75) is 6.54 Å². The molecule has 1 amide bonds. The van der Waals surface area contributed by atoms with Crippen LogP contribution in [0.1, 0.15) is 15.9 Å². The van der Waals surface area contributed by atoms with Gasteiger partial charge in [0.05, 0.1) is 11.3 Å². The van der Waals surface area contributed by atoms with E-state index in [1.165, 1.54) is 11.0 Å². The first-order valence-electron chi connectivity index (χ1n) is 9.44. The number of anilines is 1. The molecule has 2 aromatic carbocycles. The number of carbonyl (C=O) groups excluding carboxylic acids is 1. The van der Waals surface area contributed by atoms with Crippen LogP contribution >= 0.6 is 11.6 Å². The van der Waals surface area contributed by atoms with Crippen molar-refractivity contribution < 1.29 is 4.79 Å². The van der Waals surface area contributed by atoms with E-state index in [-0.39, 0.29) is 5.91 Å². The predicted octanol–water partition coefficient (Wildman–Crippen LogP) is 2.00. The van der Waals surface area contributed by atoms with E-state index < -0.39 is 0 Å². The van der Waals surface area contributed by atoms with Crippen molar-refractivity contribution in [3.63, 3.8) is 0 Å². The molecule has 0 radical (unpaired) electrons. The van der Waals surface area contributed by atoms with Crippen molar-refractivity contribution >= 4 is 23.2 Å². The van der Waals surface area contributed by atoms with Gasteiger partial charge >= 0.3 is 0 Å². The number of tetrazole rings is 1. The zero-order valence-corrected chi connectivity index (χ0v) is 16.9. The van der Waals surface area contributed by atoms with Crippen LogP contribution in [0.4, 0.5) is 5.69 Å². The molecule has 1 N–H and O–H groups in total. The van der Waals surface area contributed by atoms with Crippen LogP contribution in [0.3, 0.4) is 0 Å². The maximum atomic E-state index is 12.9. The summed E-state index contributed by atoms with van der Waals surface area (Å²) in [7, 11) is 2.14. The highest BCUT2D eigenvalue weighted by atomic mass is 35.5. The molecule has 0 atom stereocenters. The predicted molar refractivity (Wildman–Crippen MR) is 111 cm³/mol. The maximum absolute atomic E-state index is 12.9. The van der Waals surface area contributed by atoms with Gasteiger partial charge < -0.3 is 15.1 Å². The Morgan fingerprint density at radius 3 is 2.66 bits per heavy atom. The molecule has 1 saturated heterocycles. The minimum Gasteiger partial charge on any atom is -0.369 e. The molecule has 1 aliphatic rings. The van der Waals surface area contributed by atoms with Gasteiger partial charge in [0.25, 0.3) is 5.91 Å². The fraction of sp³-hybridized carbons (Fsp3) is 0.300. The molecule has 0 unspecified atom stereocenters. The molecule has 1 aromatic heterocycles. The van der Waals surface area contributed by atoms with Crippen LogP contribution in [0.15, 0.2) is 48.8 Å². The van der Waals surface area contributed by atoms with Gasteiger partial charge in [-0.05, 0) is 47.3 Å². The maximum Gasteiger partial charge on any atom is 0.253 e. The van der Waals surface area contributed by atoms with Crippen molar-refractivity contribution in [3.05, 3.63) is 64.9 Å². The molecule has 2 heterocycles. The molecule has 150 valence electrons. The summed E-state index contributed by atoms with van der Waals surface area (Å²) < 4.78 is 1.45. The Hall–Kier alpha value is -2.97. The van der Waals surface area contributed by atoms with E-state index in [0.717, 1.165) is 37.4 Å². The van der Waals surface area contributed by atoms with E-state index >= 15 is 0 Å². The molecule has 0 bridgehead atoms. The number of carbonyl (C=O) groups is 1. The highest BCUT2D eigenvalue weighted by molar-refractivity contribution is 6.31. The summed E-state index contributed by atoms with van der Waals surface area (Å²) >= 11 is 6.13. The molecular weight excluding hydrogens is 390 g/mol. The van der Waals surface area contributed by atoms with E-state index in [1.54, 1.807) is 18.2 Å². The summed E-state index contributed by atoms with van der Waals surface area (Å²) in [6, 6.07) is 13.2. The van der Waals surface area contributed by atoms with Crippen LogP contribution in [0.25, 0.3) is 5.69 Å². The lowest BCUT2D eigenvalue weighted by atomic mass is 10.1. The Morgan fingerprint density at radius 2 is 1.90 bits per heavy atom. The summed E-state index contributed by atoms with van der Waals surface area (Å²) in [4.78, 5) is 17.6. The quantitative estimate of drug-likeness (QED) is 0.691. The number of amides is 1. The molecule has 0 saturated carbocycles. The average molecular weight is 412 g/mol. The summed E-state index contributed by atoms with van der Waals surface area (Å²) in [6.45, 7) is 4.42. The van der Waals surface area contributed by atoms with Crippen molar-refractivity contribution in [2.75, 3.05) is 38.1 Å². The first kappa shape index (κ1) is 19.4. The molecule has 0 spiro atoms. The number of hydrogen-bond acceptors (Lipinski definition) is 6. The number of para-hydroxylation sites is 1. The normalized spacial score (nSPS) is 14.8. The molecule has 9 heteroatoms. The van der Waals surface area contributed by atoms with Crippen LogP contribution in [0.2, 0.25) is 5.02 Å². The zero-order valence-electron chi connectivity index (χ0n) is 16.1. The van der Waals surface area contributed by atoms with Crippen LogP contribution in [0.5, 0.6) is 0 Å². The highest BCUT2D eigenvalue weighted by Crippen LogP contribution is 2.23. The Kier molecular flexibility index (Phi) is 5.73. The second kappa shape index (κ2) is 8.59. The van der Waals surface area contributed by atoms with Gasteiger partial charge in [-0.15, -0.1) is 5.10 Å². The average Bonchev–Trinajstić information content (AvgIpc) is 3.27. The van der Waals surface area contributed by atoms with Crippen LogP contribution in [-0.4, -0.2) is 64.2 Å². The van der Waals surface area contributed by atoms with E-state index in [9.17, 15) is 4.79 Å². The molecule has 3 aromatic rings. The van der Waals surface area contributed by atoms with Crippen molar-refractivity contribution in [1.29, 1.82) is 0 Å². The van der Waals surface area contributed by atoms with Gasteiger partial charge in [-0.2, -0.15) is 4.68 Å². The molecule has 1 aliphatic heterocycles. The van der Waals surface area contributed by atoms with Crippen LogP contribution in [0, 0.1) is 0 Å². The van der Waals surface area contributed by atoms with Crippen LogP contribution < -0.4 is 10.2 Å². The summed E-state index contributed by atoms with van der Waals surface area (Å²) in [6.07, 6.45) is 1.45. The number of aromatic nitrogens is 4. The lowest BCUT2D eigenvalue weighted by molar-refractivity contribution is 0.0951. The number of nitrogens with one attached hydrogen (secondary N) is 1. The first-order valence-corrected chi connectivity index (χ1v) is 9.82. The lowest BCUT2D eigenvalue weighted by Crippen LogP contribution is -2.45. The van der Waals surface area contributed by atoms with Crippen molar-refractivity contribution in [3.8, 4) is 5.69 Å². The van der Waals surface area contributed by atoms with Gasteiger partial charge in [0.2, 0.25) is 0 Å². The number of hydrogen-bond donors (Lipinski definition) is 1. The first-order chi connectivity index (χ1) is 14.1. The van der Waals surface area contributed by atoms with E-state index in [0.29, 0.717) is 22.8 Å². The molecule has 4 rings (SSSR count).